The van der Waals surface area contributed by atoms with Crippen LogP contribution in [0.3, 0.4) is 0 Å². The van der Waals surface area contributed by atoms with E-state index < -0.39 is 0 Å². The fourth-order valence-electron chi connectivity index (χ4n) is 1.63. The Labute approximate surface area is 123 Å². The van der Waals surface area contributed by atoms with Crippen molar-refractivity contribution in [2.45, 2.75) is 46.2 Å². The Morgan fingerprint density at radius 2 is 1.89 bits per heavy atom. The second-order valence-corrected chi connectivity index (χ2v) is 4.97. The number of nitrogens with one attached hydrogen (secondary N) is 1. The summed E-state index contributed by atoms with van der Waals surface area (Å²) in [4.78, 5) is 0. The largest absolute Gasteiger partial charge is 0.493 e. The Morgan fingerprint density at radius 1 is 1.21 bits per heavy atom. The van der Waals surface area contributed by atoms with Gasteiger partial charge in [0.1, 0.15) is 0 Å². The molecule has 0 fully saturated rings. The highest BCUT2D eigenvalue weighted by atomic mass is 35.5. The highest BCUT2D eigenvalue weighted by Crippen LogP contribution is 2.31. The highest BCUT2D eigenvalue weighted by Gasteiger charge is 2.16. The Hall–Kier alpha value is -0.930. The third kappa shape index (κ3) is 5.29. The van der Waals surface area contributed by atoms with Gasteiger partial charge in [0.15, 0.2) is 11.5 Å². The first kappa shape index (κ1) is 18.1. The van der Waals surface area contributed by atoms with E-state index in [1.165, 1.54) is 0 Å². The second kappa shape index (κ2) is 8.28. The van der Waals surface area contributed by atoms with Crippen LogP contribution in [0.4, 0.5) is 0 Å². The molecule has 1 N–H and O–H groups in total. The summed E-state index contributed by atoms with van der Waals surface area (Å²) in [5.74, 6) is 1.65. The maximum Gasteiger partial charge on any atom is 0.165 e. The first-order valence-electron chi connectivity index (χ1n) is 6.57. The molecule has 0 atom stereocenters. The molecule has 0 aliphatic heterocycles. The summed E-state index contributed by atoms with van der Waals surface area (Å²) in [6, 6.07) is 6.00. The minimum Gasteiger partial charge on any atom is -0.493 e. The fourth-order valence-corrected chi connectivity index (χ4v) is 1.63. The molecule has 3 nitrogen and oxygen atoms in total. The predicted octanol–water partition coefficient (Wildman–Crippen LogP) is 3.79. The van der Waals surface area contributed by atoms with Gasteiger partial charge in [0.05, 0.1) is 13.7 Å². The third-order valence-corrected chi connectivity index (χ3v) is 3.21. The van der Waals surface area contributed by atoms with E-state index in [1.807, 2.05) is 19.1 Å². The summed E-state index contributed by atoms with van der Waals surface area (Å²) in [5, 5.41) is 3.54. The molecule has 1 rings (SSSR count). The molecule has 0 aliphatic carbocycles. The third-order valence-electron chi connectivity index (χ3n) is 3.21. The standard InChI is InChI=1S/C15H25NO2.ClH/c1-6-15(3,4)16-11-12-9-8-10-13(17-5)14(12)18-7-2;/h8-10,16H,6-7,11H2,1-5H3;1H. The number of rotatable bonds is 7. The number of ether oxygens (including phenoxy) is 2. The molecule has 0 amide bonds. The van der Waals surface area contributed by atoms with Crippen LogP contribution in [0.25, 0.3) is 0 Å². The zero-order valence-electron chi connectivity index (χ0n) is 12.6. The van der Waals surface area contributed by atoms with Gasteiger partial charge in [-0.3, -0.25) is 0 Å². The lowest BCUT2D eigenvalue weighted by molar-refractivity contribution is 0.303. The molecule has 0 heterocycles. The van der Waals surface area contributed by atoms with Crippen molar-refractivity contribution in [3.05, 3.63) is 23.8 Å². The summed E-state index contributed by atoms with van der Waals surface area (Å²) in [7, 11) is 1.67. The van der Waals surface area contributed by atoms with Crippen LogP contribution in [0.5, 0.6) is 11.5 Å². The molecule has 0 bridgehead atoms. The monoisotopic (exact) mass is 287 g/mol. The van der Waals surface area contributed by atoms with Crippen LogP contribution >= 0.6 is 12.4 Å². The Bertz CT molecular complexity index is 380. The Morgan fingerprint density at radius 3 is 2.42 bits per heavy atom. The molecule has 0 aliphatic rings. The van der Waals surface area contributed by atoms with Crippen LogP contribution < -0.4 is 14.8 Å². The molecule has 0 saturated carbocycles. The van der Waals surface area contributed by atoms with Crippen molar-refractivity contribution >= 4 is 12.4 Å². The van der Waals surface area contributed by atoms with Gasteiger partial charge >= 0.3 is 0 Å². The maximum atomic E-state index is 5.69. The van der Waals surface area contributed by atoms with Crippen molar-refractivity contribution in [1.82, 2.24) is 5.32 Å². The molecule has 0 saturated heterocycles. The van der Waals surface area contributed by atoms with E-state index in [9.17, 15) is 0 Å². The lowest BCUT2D eigenvalue weighted by atomic mass is 10.0. The first-order valence-corrected chi connectivity index (χ1v) is 6.57. The zero-order valence-corrected chi connectivity index (χ0v) is 13.4. The van der Waals surface area contributed by atoms with E-state index in [4.69, 9.17) is 9.47 Å². The molecule has 0 aromatic heterocycles. The van der Waals surface area contributed by atoms with Gasteiger partial charge in [0, 0.05) is 17.6 Å². The quantitative estimate of drug-likeness (QED) is 0.827. The zero-order chi connectivity index (χ0) is 13.6. The molecule has 0 spiro atoms. The van der Waals surface area contributed by atoms with Gasteiger partial charge in [-0.25, -0.2) is 0 Å². The van der Waals surface area contributed by atoms with Crippen LogP contribution in [0.15, 0.2) is 18.2 Å². The second-order valence-electron chi connectivity index (χ2n) is 4.97. The molecular weight excluding hydrogens is 262 g/mol. The van der Waals surface area contributed by atoms with Gasteiger partial charge in [-0.15, -0.1) is 12.4 Å². The minimum atomic E-state index is 0. The number of hydrogen-bond acceptors (Lipinski definition) is 3. The predicted molar refractivity (Wildman–Crippen MR) is 82.6 cm³/mol. The van der Waals surface area contributed by atoms with Crippen LogP contribution in [-0.4, -0.2) is 19.3 Å². The maximum absolute atomic E-state index is 5.69. The van der Waals surface area contributed by atoms with Crippen molar-refractivity contribution < 1.29 is 9.47 Å². The topological polar surface area (TPSA) is 30.5 Å². The Kier molecular flexibility index (Phi) is 7.88. The molecule has 0 unspecified atom stereocenters. The van der Waals surface area contributed by atoms with Gasteiger partial charge < -0.3 is 14.8 Å². The summed E-state index contributed by atoms with van der Waals surface area (Å²) >= 11 is 0. The van der Waals surface area contributed by atoms with Gasteiger partial charge in [0.2, 0.25) is 0 Å². The van der Waals surface area contributed by atoms with Crippen molar-refractivity contribution in [2.75, 3.05) is 13.7 Å². The lowest BCUT2D eigenvalue weighted by Gasteiger charge is -2.25. The molecular formula is C15H26ClNO2. The Balaban J connectivity index is 0.00000324. The van der Waals surface area contributed by atoms with E-state index in [-0.39, 0.29) is 17.9 Å². The van der Waals surface area contributed by atoms with Crippen LogP contribution in [0, 0.1) is 0 Å². The van der Waals surface area contributed by atoms with E-state index >= 15 is 0 Å². The number of hydrogen-bond donors (Lipinski definition) is 1. The molecule has 19 heavy (non-hydrogen) atoms. The van der Waals surface area contributed by atoms with Crippen molar-refractivity contribution in [2.24, 2.45) is 0 Å². The highest BCUT2D eigenvalue weighted by molar-refractivity contribution is 5.85. The van der Waals surface area contributed by atoms with Crippen molar-refractivity contribution in [1.29, 1.82) is 0 Å². The summed E-state index contributed by atoms with van der Waals surface area (Å²) in [5.41, 5.74) is 1.27. The SMILES string of the molecule is CCOc1c(CNC(C)(C)CC)cccc1OC.Cl. The van der Waals surface area contributed by atoms with Crippen LogP contribution in [0.1, 0.15) is 39.7 Å². The fraction of sp³-hybridized carbons (Fsp3) is 0.600. The summed E-state index contributed by atoms with van der Waals surface area (Å²) < 4.78 is 11.0. The van der Waals surface area contributed by atoms with E-state index in [0.29, 0.717) is 6.61 Å². The smallest absolute Gasteiger partial charge is 0.165 e. The van der Waals surface area contributed by atoms with Crippen molar-refractivity contribution in [3.8, 4) is 11.5 Å². The van der Waals surface area contributed by atoms with E-state index in [1.54, 1.807) is 7.11 Å². The normalized spacial score (nSPS) is 10.8. The number of methoxy groups -OCH3 is 1. The van der Waals surface area contributed by atoms with Gasteiger partial charge in [0.25, 0.3) is 0 Å². The van der Waals surface area contributed by atoms with Crippen LogP contribution in [0.2, 0.25) is 0 Å². The van der Waals surface area contributed by atoms with E-state index in [0.717, 1.165) is 30.0 Å². The van der Waals surface area contributed by atoms with Gasteiger partial charge in [-0.2, -0.15) is 0 Å². The van der Waals surface area contributed by atoms with Crippen molar-refractivity contribution in [3.63, 3.8) is 0 Å². The minimum absolute atomic E-state index is 0. The molecule has 110 valence electrons. The molecule has 0 radical (unpaired) electrons. The lowest BCUT2D eigenvalue weighted by Crippen LogP contribution is -2.37. The van der Waals surface area contributed by atoms with Gasteiger partial charge in [-0.05, 0) is 33.3 Å². The summed E-state index contributed by atoms with van der Waals surface area (Å²) in [6.07, 6.45) is 1.08. The van der Waals surface area contributed by atoms with Gasteiger partial charge in [-0.1, -0.05) is 19.1 Å². The number of para-hydroxylation sites is 1. The van der Waals surface area contributed by atoms with Crippen LogP contribution in [-0.2, 0) is 6.54 Å². The summed E-state index contributed by atoms with van der Waals surface area (Å²) in [6.45, 7) is 10.0. The molecule has 1 aromatic rings. The molecule has 1 aromatic carbocycles. The first-order chi connectivity index (χ1) is 8.54. The average molecular weight is 288 g/mol. The molecule has 4 heteroatoms. The average Bonchev–Trinajstić information content (AvgIpc) is 2.38. The van der Waals surface area contributed by atoms with E-state index in [2.05, 4.69) is 32.2 Å². The number of benzene rings is 1. The number of halogens is 1.